The van der Waals surface area contributed by atoms with Gasteiger partial charge in [0.2, 0.25) is 0 Å². The summed E-state index contributed by atoms with van der Waals surface area (Å²) in [7, 11) is 0. The minimum absolute atomic E-state index is 0.0189. The van der Waals surface area contributed by atoms with Crippen molar-refractivity contribution in [3.05, 3.63) is 56.8 Å². The topological polar surface area (TPSA) is 20.2 Å². The summed E-state index contributed by atoms with van der Waals surface area (Å²) >= 11 is 1.43. The van der Waals surface area contributed by atoms with Crippen LogP contribution in [0.15, 0.2) is 22.9 Å². The highest BCUT2D eigenvalue weighted by Crippen LogP contribution is 2.30. The van der Waals surface area contributed by atoms with Crippen molar-refractivity contribution < 1.29 is 13.9 Å². The van der Waals surface area contributed by atoms with Gasteiger partial charge in [0.05, 0.1) is 0 Å². The quantitative estimate of drug-likeness (QED) is 0.866. The highest BCUT2D eigenvalue weighted by atomic mass is 32.1. The van der Waals surface area contributed by atoms with Crippen molar-refractivity contribution in [2.45, 2.75) is 20.0 Å². The molecule has 90 valence electrons. The van der Waals surface area contributed by atoms with E-state index >= 15 is 0 Å². The van der Waals surface area contributed by atoms with Crippen LogP contribution >= 0.6 is 11.3 Å². The lowest BCUT2D eigenvalue weighted by molar-refractivity contribution is 0.213. The van der Waals surface area contributed by atoms with E-state index in [-0.39, 0.29) is 11.1 Å². The minimum atomic E-state index is -1.11. The maximum Gasteiger partial charge on any atom is 0.165 e. The Morgan fingerprint density at radius 1 is 1.00 bits per heavy atom. The molecule has 1 aromatic heterocycles. The van der Waals surface area contributed by atoms with Crippen molar-refractivity contribution in [1.82, 2.24) is 0 Å². The van der Waals surface area contributed by atoms with E-state index in [2.05, 4.69) is 0 Å². The highest BCUT2D eigenvalue weighted by Gasteiger charge is 2.20. The van der Waals surface area contributed by atoms with Crippen LogP contribution in [0.25, 0.3) is 0 Å². The van der Waals surface area contributed by atoms with Gasteiger partial charge in [-0.15, -0.1) is 0 Å². The maximum absolute atomic E-state index is 13.7. The number of aliphatic hydroxyl groups is 1. The second-order valence-corrected chi connectivity index (χ2v) is 4.76. The van der Waals surface area contributed by atoms with Crippen molar-refractivity contribution in [2.24, 2.45) is 0 Å². The summed E-state index contributed by atoms with van der Waals surface area (Å²) in [6.45, 7) is 3.32. The van der Waals surface area contributed by atoms with Crippen LogP contribution in [0.2, 0.25) is 0 Å². The lowest BCUT2D eigenvalue weighted by Crippen LogP contribution is -2.05. The normalized spacial score (nSPS) is 12.8. The zero-order valence-corrected chi connectivity index (χ0v) is 10.3. The average molecular weight is 254 g/mol. The first-order valence-electron chi connectivity index (χ1n) is 5.17. The zero-order chi connectivity index (χ0) is 12.6. The number of thiophene rings is 1. The molecule has 1 atom stereocenters. The van der Waals surface area contributed by atoms with E-state index in [9.17, 15) is 13.9 Å². The third-order valence-corrected chi connectivity index (χ3v) is 3.67. The largest absolute Gasteiger partial charge is 0.384 e. The summed E-state index contributed by atoms with van der Waals surface area (Å²) in [5.74, 6) is -1.86. The standard InChI is InChI=1S/C13H12F2OS/c1-7-3-4-9(12(15)11(7)14)13(16)10-6-17-5-8(10)2/h3-6,13,16H,1-2H3. The second kappa shape index (κ2) is 4.55. The molecule has 0 spiro atoms. The zero-order valence-electron chi connectivity index (χ0n) is 9.50. The van der Waals surface area contributed by atoms with E-state index < -0.39 is 17.7 Å². The van der Waals surface area contributed by atoms with E-state index in [1.54, 1.807) is 5.38 Å². The predicted octanol–water partition coefficient (Wildman–Crippen LogP) is 3.72. The van der Waals surface area contributed by atoms with Gasteiger partial charge in [-0.1, -0.05) is 12.1 Å². The van der Waals surface area contributed by atoms with E-state index in [1.165, 1.54) is 30.4 Å². The second-order valence-electron chi connectivity index (χ2n) is 4.01. The molecule has 1 aromatic carbocycles. The third kappa shape index (κ3) is 2.10. The lowest BCUT2D eigenvalue weighted by Gasteiger charge is -2.13. The van der Waals surface area contributed by atoms with E-state index in [4.69, 9.17) is 0 Å². The van der Waals surface area contributed by atoms with Crippen molar-refractivity contribution in [3.63, 3.8) is 0 Å². The van der Waals surface area contributed by atoms with Crippen LogP contribution < -0.4 is 0 Å². The minimum Gasteiger partial charge on any atom is -0.384 e. The maximum atomic E-state index is 13.7. The first kappa shape index (κ1) is 12.2. The van der Waals surface area contributed by atoms with Gasteiger partial charge in [0.25, 0.3) is 0 Å². The summed E-state index contributed by atoms with van der Waals surface area (Å²) in [6.07, 6.45) is -1.11. The molecule has 0 saturated heterocycles. The van der Waals surface area contributed by atoms with Crippen molar-refractivity contribution >= 4 is 11.3 Å². The van der Waals surface area contributed by atoms with Crippen LogP contribution in [-0.4, -0.2) is 5.11 Å². The van der Waals surface area contributed by atoms with Crippen LogP contribution in [0.3, 0.4) is 0 Å². The molecule has 2 rings (SSSR count). The number of halogens is 2. The Bertz CT molecular complexity index is 548. The van der Waals surface area contributed by atoms with Gasteiger partial charge in [-0.05, 0) is 41.3 Å². The molecule has 0 amide bonds. The van der Waals surface area contributed by atoms with E-state index in [0.29, 0.717) is 5.56 Å². The molecule has 4 heteroatoms. The van der Waals surface area contributed by atoms with Gasteiger partial charge in [0.15, 0.2) is 11.6 Å². The van der Waals surface area contributed by atoms with Gasteiger partial charge in [0, 0.05) is 5.56 Å². The molecule has 1 unspecified atom stereocenters. The number of benzene rings is 1. The summed E-state index contributed by atoms with van der Waals surface area (Å²) in [5, 5.41) is 13.7. The summed E-state index contributed by atoms with van der Waals surface area (Å²) in [5.41, 5.74) is 1.72. The molecule has 2 aromatic rings. The molecule has 0 fully saturated rings. The summed E-state index contributed by atoms with van der Waals surface area (Å²) < 4.78 is 27.1. The summed E-state index contributed by atoms with van der Waals surface area (Å²) in [6, 6.07) is 2.90. The SMILES string of the molecule is Cc1cscc1C(O)c1ccc(C)c(F)c1F. The highest BCUT2D eigenvalue weighted by molar-refractivity contribution is 7.08. The molecular weight excluding hydrogens is 242 g/mol. The number of hydrogen-bond acceptors (Lipinski definition) is 2. The molecule has 0 saturated carbocycles. The molecule has 17 heavy (non-hydrogen) atoms. The molecule has 0 aliphatic heterocycles. The van der Waals surface area contributed by atoms with Crippen LogP contribution in [0.4, 0.5) is 8.78 Å². The fourth-order valence-electron chi connectivity index (χ4n) is 1.69. The fraction of sp³-hybridized carbons (Fsp3) is 0.231. The van der Waals surface area contributed by atoms with Gasteiger partial charge in [-0.25, -0.2) is 8.78 Å². The molecule has 0 aliphatic rings. The Morgan fingerprint density at radius 3 is 2.29 bits per heavy atom. The Balaban J connectivity index is 2.48. The smallest absolute Gasteiger partial charge is 0.165 e. The molecule has 1 N–H and O–H groups in total. The first-order chi connectivity index (χ1) is 8.02. The third-order valence-electron chi connectivity index (χ3n) is 2.79. The number of rotatable bonds is 2. The van der Waals surface area contributed by atoms with Crippen molar-refractivity contribution in [1.29, 1.82) is 0 Å². The van der Waals surface area contributed by atoms with Crippen molar-refractivity contribution in [2.75, 3.05) is 0 Å². The Morgan fingerprint density at radius 2 is 1.71 bits per heavy atom. The van der Waals surface area contributed by atoms with Crippen molar-refractivity contribution in [3.8, 4) is 0 Å². The average Bonchev–Trinajstić information content (AvgIpc) is 2.72. The molecular formula is C13H12F2OS. The Kier molecular flexibility index (Phi) is 3.26. The molecule has 1 nitrogen and oxygen atoms in total. The summed E-state index contributed by atoms with van der Waals surface area (Å²) in [4.78, 5) is 0. The predicted molar refractivity (Wildman–Crippen MR) is 64.2 cm³/mol. The van der Waals surface area contributed by atoms with Crippen LogP contribution in [0.1, 0.15) is 28.4 Å². The van der Waals surface area contributed by atoms with Crippen LogP contribution in [-0.2, 0) is 0 Å². The number of hydrogen-bond donors (Lipinski definition) is 1. The lowest BCUT2D eigenvalue weighted by atomic mass is 9.99. The molecule has 1 heterocycles. The van der Waals surface area contributed by atoms with E-state index in [0.717, 1.165) is 5.56 Å². The van der Waals surface area contributed by atoms with Gasteiger partial charge >= 0.3 is 0 Å². The Hall–Kier alpha value is -1.26. The van der Waals surface area contributed by atoms with Gasteiger partial charge in [0.1, 0.15) is 6.10 Å². The molecule has 0 bridgehead atoms. The molecule has 0 radical (unpaired) electrons. The fourth-order valence-corrected chi connectivity index (χ4v) is 2.56. The van der Waals surface area contributed by atoms with Crippen LogP contribution in [0.5, 0.6) is 0 Å². The number of aryl methyl sites for hydroxylation is 2. The van der Waals surface area contributed by atoms with Gasteiger partial charge in [-0.2, -0.15) is 11.3 Å². The van der Waals surface area contributed by atoms with Gasteiger partial charge < -0.3 is 5.11 Å². The number of aliphatic hydroxyl groups excluding tert-OH is 1. The van der Waals surface area contributed by atoms with Gasteiger partial charge in [-0.3, -0.25) is 0 Å². The van der Waals surface area contributed by atoms with Crippen LogP contribution in [0, 0.1) is 25.5 Å². The molecule has 0 aliphatic carbocycles. The Labute approximate surface area is 102 Å². The first-order valence-corrected chi connectivity index (χ1v) is 6.12. The van der Waals surface area contributed by atoms with E-state index in [1.807, 2.05) is 12.3 Å². The monoisotopic (exact) mass is 254 g/mol.